The van der Waals surface area contributed by atoms with Crippen LogP contribution in [0.1, 0.15) is 22.6 Å². The number of nitrogens with one attached hydrogen (secondary N) is 2. The van der Waals surface area contributed by atoms with Crippen LogP contribution in [0, 0.1) is 0 Å². The number of nitrogens with zero attached hydrogens (tertiary/aromatic N) is 2. The molecule has 4 rings (SSSR count). The van der Waals surface area contributed by atoms with Crippen LogP contribution in [-0.2, 0) is 34.2 Å². The van der Waals surface area contributed by atoms with Gasteiger partial charge in [-0.05, 0) is 23.8 Å². The van der Waals surface area contributed by atoms with Gasteiger partial charge in [-0.1, -0.05) is 30.3 Å². The Morgan fingerprint density at radius 3 is 2.83 bits per heavy atom. The van der Waals surface area contributed by atoms with E-state index < -0.39 is 0 Å². The zero-order chi connectivity index (χ0) is 20.1. The Kier molecular flexibility index (Phi) is 5.81. The van der Waals surface area contributed by atoms with Crippen molar-refractivity contribution in [3.8, 4) is 0 Å². The summed E-state index contributed by atoms with van der Waals surface area (Å²) < 4.78 is 6.78. The summed E-state index contributed by atoms with van der Waals surface area (Å²) >= 11 is 1.74. The molecule has 7 nitrogen and oxygen atoms in total. The highest BCUT2D eigenvalue weighted by molar-refractivity contribution is 7.98. The first-order valence-corrected chi connectivity index (χ1v) is 10.3. The van der Waals surface area contributed by atoms with Gasteiger partial charge in [0.2, 0.25) is 11.8 Å². The number of aromatic nitrogens is 2. The average Bonchev–Trinajstić information content (AvgIpc) is 3.46. The normalized spacial score (nSPS) is 12.8. The third kappa shape index (κ3) is 4.78. The minimum atomic E-state index is -0.259. The molecule has 29 heavy (non-hydrogen) atoms. The molecule has 1 aliphatic heterocycles. The second-order valence-electron chi connectivity index (χ2n) is 6.51. The van der Waals surface area contributed by atoms with Crippen LogP contribution >= 0.6 is 11.8 Å². The lowest BCUT2D eigenvalue weighted by Crippen LogP contribution is -2.28. The van der Waals surface area contributed by atoms with Crippen molar-refractivity contribution in [2.75, 3.05) is 5.32 Å². The Bertz CT molecular complexity index is 1030. The van der Waals surface area contributed by atoms with Gasteiger partial charge in [-0.3, -0.25) is 9.59 Å². The molecule has 2 aromatic heterocycles. The Balaban J connectivity index is 1.44. The van der Waals surface area contributed by atoms with Crippen molar-refractivity contribution >= 4 is 35.5 Å². The van der Waals surface area contributed by atoms with E-state index in [0.717, 1.165) is 28.3 Å². The molecule has 1 aliphatic rings. The number of rotatable bonds is 7. The number of hydrogen-bond donors (Lipinski definition) is 2. The highest BCUT2D eigenvalue weighted by atomic mass is 32.2. The Hall–Kier alpha value is -3.26. The fourth-order valence-electron chi connectivity index (χ4n) is 3.01. The average molecular weight is 408 g/mol. The minimum absolute atomic E-state index is 0.0242. The summed E-state index contributed by atoms with van der Waals surface area (Å²) in [5, 5.41) is 10.2. The van der Waals surface area contributed by atoms with E-state index in [1.165, 1.54) is 6.08 Å². The Morgan fingerprint density at radius 2 is 2.03 bits per heavy atom. The van der Waals surface area contributed by atoms with Crippen LogP contribution in [-0.4, -0.2) is 21.6 Å². The van der Waals surface area contributed by atoms with E-state index in [2.05, 4.69) is 15.7 Å². The minimum Gasteiger partial charge on any atom is -0.467 e. The molecule has 0 saturated carbocycles. The third-order valence-electron chi connectivity index (χ3n) is 4.42. The SMILES string of the molecule is O=C(/C=C/c1ccccc1)Nc1c2c(nn1CC(=O)NCc1ccco1)CSC2. The zero-order valence-electron chi connectivity index (χ0n) is 15.6. The quantitative estimate of drug-likeness (QED) is 0.586. The van der Waals surface area contributed by atoms with E-state index in [-0.39, 0.29) is 18.4 Å². The van der Waals surface area contributed by atoms with Crippen LogP contribution in [0.4, 0.5) is 5.82 Å². The molecular weight excluding hydrogens is 388 g/mol. The lowest BCUT2D eigenvalue weighted by atomic mass is 10.2. The summed E-state index contributed by atoms with van der Waals surface area (Å²) in [4.78, 5) is 24.8. The van der Waals surface area contributed by atoms with Crippen LogP contribution in [0.2, 0.25) is 0 Å². The van der Waals surface area contributed by atoms with E-state index in [1.807, 2.05) is 30.3 Å². The number of amides is 2. The molecule has 0 bridgehead atoms. The molecule has 0 saturated heterocycles. The van der Waals surface area contributed by atoms with Crippen LogP contribution in [0.15, 0.2) is 59.2 Å². The summed E-state index contributed by atoms with van der Waals surface area (Å²) in [5.74, 6) is 2.34. The molecule has 0 atom stereocenters. The van der Waals surface area contributed by atoms with E-state index >= 15 is 0 Å². The van der Waals surface area contributed by atoms with Gasteiger partial charge in [0.05, 0.1) is 18.5 Å². The van der Waals surface area contributed by atoms with Gasteiger partial charge in [0.25, 0.3) is 0 Å². The molecule has 148 valence electrons. The maximum Gasteiger partial charge on any atom is 0.249 e. The highest BCUT2D eigenvalue weighted by Gasteiger charge is 2.24. The van der Waals surface area contributed by atoms with E-state index in [9.17, 15) is 9.59 Å². The first-order valence-electron chi connectivity index (χ1n) is 9.18. The predicted molar refractivity (Wildman–Crippen MR) is 112 cm³/mol. The molecule has 0 radical (unpaired) electrons. The molecule has 8 heteroatoms. The predicted octanol–water partition coefficient (Wildman–Crippen LogP) is 3.19. The van der Waals surface area contributed by atoms with E-state index in [0.29, 0.717) is 18.1 Å². The third-order valence-corrected chi connectivity index (χ3v) is 5.39. The van der Waals surface area contributed by atoms with Crippen molar-refractivity contribution in [1.82, 2.24) is 15.1 Å². The van der Waals surface area contributed by atoms with Crippen molar-refractivity contribution in [1.29, 1.82) is 0 Å². The molecule has 3 heterocycles. The maximum absolute atomic E-state index is 12.4. The van der Waals surface area contributed by atoms with Gasteiger partial charge in [-0.15, -0.1) is 0 Å². The van der Waals surface area contributed by atoms with E-state index in [1.54, 1.807) is 40.9 Å². The number of benzene rings is 1. The number of carbonyl (C=O) groups excluding carboxylic acids is 2. The lowest BCUT2D eigenvalue weighted by Gasteiger charge is -2.10. The van der Waals surface area contributed by atoms with Gasteiger partial charge < -0.3 is 15.1 Å². The first kappa shape index (κ1) is 19.1. The van der Waals surface area contributed by atoms with Gasteiger partial charge in [-0.25, -0.2) is 4.68 Å². The number of thioether (sulfide) groups is 1. The van der Waals surface area contributed by atoms with Crippen molar-refractivity contribution in [3.05, 3.63) is 77.4 Å². The summed E-state index contributed by atoms with van der Waals surface area (Å²) in [7, 11) is 0. The summed E-state index contributed by atoms with van der Waals surface area (Å²) in [6.45, 7) is 0.334. The number of hydrogen-bond acceptors (Lipinski definition) is 5. The smallest absolute Gasteiger partial charge is 0.249 e. The van der Waals surface area contributed by atoms with Crippen LogP contribution in [0.25, 0.3) is 6.08 Å². The fraction of sp³-hybridized carbons (Fsp3) is 0.190. The molecule has 3 aromatic rings. The standard InChI is InChI=1S/C21H20N4O3S/c26-19(9-8-15-5-2-1-3-6-15)23-21-17-13-29-14-18(17)24-25(21)12-20(27)22-11-16-7-4-10-28-16/h1-10H,11-14H2,(H,22,27)(H,23,26)/b9-8+. The lowest BCUT2D eigenvalue weighted by molar-refractivity contribution is -0.122. The number of carbonyl (C=O) groups is 2. The fourth-order valence-corrected chi connectivity index (χ4v) is 4.04. The second-order valence-corrected chi connectivity index (χ2v) is 7.50. The number of furan rings is 1. The highest BCUT2D eigenvalue weighted by Crippen LogP contribution is 2.34. The van der Waals surface area contributed by atoms with Gasteiger partial charge in [-0.2, -0.15) is 16.9 Å². The first-order chi connectivity index (χ1) is 14.2. The second kappa shape index (κ2) is 8.83. The van der Waals surface area contributed by atoms with Crippen LogP contribution in [0.5, 0.6) is 0 Å². The van der Waals surface area contributed by atoms with Crippen molar-refractivity contribution < 1.29 is 14.0 Å². The van der Waals surface area contributed by atoms with Gasteiger partial charge in [0.15, 0.2) is 0 Å². The van der Waals surface area contributed by atoms with Crippen molar-refractivity contribution in [3.63, 3.8) is 0 Å². The molecule has 2 amide bonds. The van der Waals surface area contributed by atoms with Gasteiger partial charge >= 0.3 is 0 Å². The van der Waals surface area contributed by atoms with E-state index in [4.69, 9.17) is 4.42 Å². The monoisotopic (exact) mass is 408 g/mol. The molecule has 0 unspecified atom stereocenters. The summed E-state index contributed by atoms with van der Waals surface area (Å²) in [5.41, 5.74) is 2.83. The van der Waals surface area contributed by atoms with Crippen molar-refractivity contribution in [2.24, 2.45) is 0 Å². The van der Waals surface area contributed by atoms with Crippen LogP contribution in [0.3, 0.4) is 0 Å². The molecule has 0 spiro atoms. The maximum atomic E-state index is 12.4. The zero-order valence-corrected chi connectivity index (χ0v) is 16.4. The molecule has 2 N–H and O–H groups in total. The number of fused-ring (bicyclic) bond motifs is 1. The number of anilines is 1. The molecular formula is C21H20N4O3S. The van der Waals surface area contributed by atoms with Crippen molar-refractivity contribution in [2.45, 2.75) is 24.6 Å². The summed E-state index contributed by atoms with van der Waals surface area (Å²) in [6.07, 6.45) is 4.80. The Labute approximate surface area is 172 Å². The largest absolute Gasteiger partial charge is 0.467 e. The summed E-state index contributed by atoms with van der Waals surface area (Å²) in [6, 6.07) is 13.2. The molecule has 0 fully saturated rings. The Morgan fingerprint density at radius 1 is 1.17 bits per heavy atom. The molecule has 0 aliphatic carbocycles. The van der Waals surface area contributed by atoms with Gasteiger partial charge in [0.1, 0.15) is 18.1 Å². The van der Waals surface area contributed by atoms with Crippen LogP contribution < -0.4 is 10.6 Å². The van der Waals surface area contributed by atoms with Gasteiger partial charge in [0, 0.05) is 23.1 Å². The molecule has 1 aromatic carbocycles. The topological polar surface area (TPSA) is 89.2 Å².